The lowest BCUT2D eigenvalue weighted by Crippen LogP contribution is -2.43. The van der Waals surface area contributed by atoms with Gasteiger partial charge in [0, 0.05) is 25.5 Å². The zero-order valence-corrected chi connectivity index (χ0v) is 13.6. The second-order valence-corrected chi connectivity index (χ2v) is 5.78. The molecule has 1 atom stereocenters. The van der Waals surface area contributed by atoms with Crippen LogP contribution in [0.25, 0.3) is 0 Å². The number of carbonyl (C=O) groups is 3. The standard InChI is InChI=1S/C18H17N3O4/c1-20(16(22)12-7-8-14(18(24)25)19-11-12)15-9-10-21(17(15)23)13-5-3-2-4-6-13/h2-8,11,15H,9-10H2,1H3,(H,24,25)/t15-/m1/s1. The summed E-state index contributed by atoms with van der Waals surface area (Å²) in [7, 11) is 1.57. The molecule has 2 amide bonds. The summed E-state index contributed by atoms with van der Waals surface area (Å²) in [6.07, 6.45) is 1.76. The van der Waals surface area contributed by atoms with Crippen molar-refractivity contribution in [2.24, 2.45) is 0 Å². The highest BCUT2D eigenvalue weighted by molar-refractivity contribution is 6.03. The number of likely N-dealkylation sites (N-methyl/N-ethyl adjacent to an activating group) is 1. The van der Waals surface area contributed by atoms with Gasteiger partial charge in [-0.05, 0) is 30.7 Å². The Morgan fingerprint density at radius 1 is 1.20 bits per heavy atom. The molecule has 7 heteroatoms. The molecule has 1 fully saturated rings. The molecule has 1 aliphatic rings. The Morgan fingerprint density at radius 3 is 2.52 bits per heavy atom. The van der Waals surface area contributed by atoms with Gasteiger partial charge in [-0.15, -0.1) is 0 Å². The number of pyridine rings is 1. The normalized spacial score (nSPS) is 16.8. The number of hydrogen-bond acceptors (Lipinski definition) is 4. The highest BCUT2D eigenvalue weighted by Crippen LogP contribution is 2.24. The van der Waals surface area contributed by atoms with Crippen molar-refractivity contribution >= 4 is 23.5 Å². The summed E-state index contributed by atoms with van der Waals surface area (Å²) in [5, 5.41) is 8.86. The van der Waals surface area contributed by atoms with Crippen molar-refractivity contribution in [1.29, 1.82) is 0 Å². The van der Waals surface area contributed by atoms with Crippen LogP contribution in [0.5, 0.6) is 0 Å². The van der Waals surface area contributed by atoms with E-state index in [1.807, 2.05) is 30.3 Å². The molecule has 2 heterocycles. The van der Waals surface area contributed by atoms with Crippen LogP contribution in [-0.4, -0.2) is 52.4 Å². The van der Waals surface area contributed by atoms with Gasteiger partial charge >= 0.3 is 5.97 Å². The maximum absolute atomic E-state index is 12.7. The molecule has 128 valence electrons. The Labute approximate surface area is 144 Å². The average molecular weight is 339 g/mol. The smallest absolute Gasteiger partial charge is 0.354 e. The van der Waals surface area contributed by atoms with Gasteiger partial charge in [-0.3, -0.25) is 9.59 Å². The highest BCUT2D eigenvalue weighted by atomic mass is 16.4. The lowest BCUT2D eigenvalue weighted by molar-refractivity contribution is -0.120. The molecule has 0 bridgehead atoms. The maximum Gasteiger partial charge on any atom is 0.354 e. The third kappa shape index (κ3) is 3.21. The van der Waals surface area contributed by atoms with Crippen molar-refractivity contribution in [2.45, 2.75) is 12.5 Å². The molecule has 7 nitrogen and oxygen atoms in total. The summed E-state index contributed by atoms with van der Waals surface area (Å²) < 4.78 is 0. The van der Waals surface area contributed by atoms with Crippen molar-refractivity contribution in [3.05, 3.63) is 59.9 Å². The third-order valence-electron chi connectivity index (χ3n) is 4.26. The van der Waals surface area contributed by atoms with Crippen LogP contribution in [-0.2, 0) is 4.79 Å². The predicted molar refractivity (Wildman–Crippen MR) is 90.5 cm³/mol. The largest absolute Gasteiger partial charge is 0.477 e. The Kier molecular flexibility index (Phi) is 4.47. The number of para-hydroxylation sites is 1. The van der Waals surface area contributed by atoms with E-state index in [9.17, 15) is 14.4 Å². The molecule has 2 aromatic rings. The minimum Gasteiger partial charge on any atom is -0.477 e. The van der Waals surface area contributed by atoms with E-state index in [-0.39, 0.29) is 23.1 Å². The van der Waals surface area contributed by atoms with E-state index in [0.717, 1.165) is 5.69 Å². The molecule has 1 aliphatic heterocycles. The second kappa shape index (κ2) is 6.72. The fourth-order valence-corrected chi connectivity index (χ4v) is 2.88. The Morgan fingerprint density at radius 2 is 1.92 bits per heavy atom. The molecular formula is C18H17N3O4. The monoisotopic (exact) mass is 339 g/mol. The van der Waals surface area contributed by atoms with Crippen LogP contribution in [0.1, 0.15) is 27.3 Å². The molecule has 0 aliphatic carbocycles. The zero-order valence-electron chi connectivity index (χ0n) is 13.6. The molecule has 25 heavy (non-hydrogen) atoms. The summed E-state index contributed by atoms with van der Waals surface area (Å²) >= 11 is 0. The van der Waals surface area contributed by atoms with Crippen LogP contribution in [0.3, 0.4) is 0 Å². The SMILES string of the molecule is CN(C(=O)c1ccc(C(=O)O)nc1)[C@@H]1CCN(c2ccccc2)C1=O. The first-order valence-electron chi connectivity index (χ1n) is 7.82. The number of amides is 2. The Bertz CT molecular complexity index is 805. The number of aromatic carboxylic acids is 1. The van der Waals surface area contributed by atoms with E-state index in [2.05, 4.69) is 4.98 Å². The fraction of sp³-hybridized carbons (Fsp3) is 0.222. The molecule has 0 unspecified atom stereocenters. The number of benzene rings is 1. The van der Waals surface area contributed by atoms with Crippen molar-refractivity contribution in [3.8, 4) is 0 Å². The summed E-state index contributed by atoms with van der Waals surface area (Å²) in [6, 6.07) is 11.4. The van der Waals surface area contributed by atoms with Gasteiger partial charge < -0.3 is 14.9 Å². The number of nitrogens with zero attached hydrogens (tertiary/aromatic N) is 3. The van der Waals surface area contributed by atoms with Gasteiger partial charge in [-0.2, -0.15) is 0 Å². The molecule has 1 aromatic carbocycles. The number of carboxylic acids is 1. The van der Waals surface area contributed by atoms with Crippen LogP contribution in [0.2, 0.25) is 0 Å². The fourth-order valence-electron chi connectivity index (χ4n) is 2.88. The number of carboxylic acid groups (broad SMARTS) is 1. The second-order valence-electron chi connectivity index (χ2n) is 5.78. The van der Waals surface area contributed by atoms with Gasteiger partial charge in [0.2, 0.25) is 5.91 Å². The number of anilines is 1. The van der Waals surface area contributed by atoms with Crippen molar-refractivity contribution in [1.82, 2.24) is 9.88 Å². The van der Waals surface area contributed by atoms with Gasteiger partial charge in [0.25, 0.3) is 5.91 Å². The highest BCUT2D eigenvalue weighted by Gasteiger charge is 2.37. The number of carbonyl (C=O) groups excluding carboxylic acids is 2. The minimum atomic E-state index is -1.16. The van der Waals surface area contributed by atoms with Crippen LogP contribution in [0.15, 0.2) is 48.7 Å². The summed E-state index contributed by atoms with van der Waals surface area (Å²) in [5.41, 5.74) is 0.924. The molecule has 0 saturated carbocycles. The van der Waals surface area contributed by atoms with Crippen LogP contribution >= 0.6 is 0 Å². The van der Waals surface area contributed by atoms with Gasteiger partial charge in [-0.1, -0.05) is 18.2 Å². The first kappa shape index (κ1) is 16.6. The van der Waals surface area contributed by atoms with E-state index in [0.29, 0.717) is 13.0 Å². The summed E-state index contributed by atoms with van der Waals surface area (Å²) in [5.74, 6) is -1.65. The van der Waals surface area contributed by atoms with Gasteiger partial charge in [0.15, 0.2) is 0 Å². The molecule has 0 radical (unpaired) electrons. The molecular weight excluding hydrogens is 322 g/mol. The van der Waals surface area contributed by atoms with Crippen LogP contribution in [0, 0.1) is 0 Å². The number of rotatable bonds is 4. The quantitative estimate of drug-likeness (QED) is 0.915. The van der Waals surface area contributed by atoms with Crippen LogP contribution < -0.4 is 4.90 Å². The van der Waals surface area contributed by atoms with Crippen LogP contribution in [0.4, 0.5) is 5.69 Å². The van der Waals surface area contributed by atoms with Crippen molar-refractivity contribution in [2.75, 3.05) is 18.5 Å². The lowest BCUT2D eigenvalue weighted by atomic mass is 10.1. The molecule has 1 saturated heterocycles. The first-order chi connectivity index (χ1) is 12.0. The average Bonchev–Trinajstić information content (AvgIpc) is 3.02. The van der Waals surface area contributed by atoms with E-state index < -0.39 is 12.0 Å². The number of hydrogen-bond donors (Lipinski definition) is 1. The van der Waals surface area contributed by atoms with Crippen molar-refractivity contribution in [3.63, 3.8) is 0 Å². The minimum absolute atomic E-state index is 0.128. The van der Waals surface area contributed by atoms with E-state index in [4.69, 9.17) is 5.11 Å². The Balaban J connectivity index is 1.74. The Hall–Kier alpha value is -3.22. The molecule has 3 rings (SSSR count). The summed E-state index contributed by atoms with van der Waals surface area (Å²) in [6.45, 7) is 0.543. The van der Waals surface area contributed by atoms with E-state index >= 15 is 0 Å². The zero-order chi connectivity index (χ0) is 18.0. The topological polar surface area (TPSA) is 90.8 Å². The molecule has 0 spiro atoms. The van der Waals surface area contributed by atoms with E-state index in [1.165, 1.54) is 23.2 Å². The third-order valence-corrected chi connectivity index (χ3v) is 4.26. The maximum atomic E-state index is 12.7. The van der Waals surface area contributed by atoms with Gasteiger partial charge in [0.05, 0.1) is 5.56 Å². The van der Waals surface area contributed by atoms with Crippen molar-refractivity contribution < 1.29 is 19.5 Å². The van der Waals surface area contributed by atoms with E-state index in [1.54, 1.807) is 11.9 Å². The molecule has 1 N–H and O–H groups in total. The molecule has 1 aromatic heterocycles. The predicted octanol–water partition coefficient (Wildman–Crippen LogP) is 1.66. The first-order valence-corrected chi connectivity index (χ1v) is 7.82. The lowest BCUT2D eigenvalue weighted by Gasteiger charge is -2.24. The van der Waals surface area contributed by atoms with Gasteiger partial charge in [-0.25, -0.2) is 9.78 Å². The summed E-state index contributed by atoms with van der Waals surface area (Å²) in [4.78, 5) is 42.9. The number of aromatic nitrogens is 1. The van der Waals surface area contributed by atoms with Gasteiger partial charge in [0.1, 0.15) is 11.7 Å².